The number of nitrogens with zero attached hydrogens (tertiary/aromatic N) is 2. The first-order chi connectivity index (χ1) is 14.5. The highest BCUT2D eigenvalue weighted by atomic mass is 35.5. The Hall–Kier alpha value is -3.12. The predicted molar refractivity (Wildman–Crippen MR) is 119 cm³/mol. The van der Waals surface area contributed by atoms with Crippen LogP contribution in [-0.2, 0) is 6.42 Å². The SMILES string of the molecule is CCOc1ccc(Nc2nc3c(c(Nc4cccc(Cl)c4)n2)C(=O)CC(C)C3)cc1. The third kappa shape index (κ3) is 4.54. The second kappa shape index (κ2) is 8.71. The van der Waals surface area contributed by atoms with Gasteiger partial charge in [-0.15, -0.1) is 0 Å². The average molecular weight is 423 g/mol. The lowest BCUT2D eigenvalue weighted by Gasteiger charge is -2.23. The molecule has 0 fully saturated rings. The third-order valence-electron chi connectivity index (χ3n) is 4.85. The zero-order valence-corrected chi connectivity index (χ0v) is 17.7. The van der Waals surface area contributed by atoms with Crippen LogP contribution in [0.3, 0.4) is 0 Å². The maximum absolute atomic E-state index is 12.8. The molecule has 3 aromatic rings. The fraction of sp³-hybridized carbons (Fsp3) is 0.261. The zero-order chi connectivity index (χ0) is 21.1. The van der Waals surface area contributed by atoms with Crippen LogP contribution in [0.1, 0.15) is 36.3 Å². The van der Waals surface area contributed by atoms with Crippen molar-refractivity contribution in [3.05, 3.63) is 64.8 Å². The number of hydrogen-bond acceptors (Lipinski definition) is 6. The quantitative estimate of drug-likeness (QED) is 0.524. The largest absolute Gasteiger partial charge is 0.494 e. The highest BCUT2D eigenvalue weighted by Gasteiger charge is 2.28. The van der Waals surface area contributed by atoms with E-state index in [1.54, 1.807) is 12.1 Å². The van der Waals surface area contributed by atoms with Crippen LogP contribution in [0.2, 0.25) is 5.02 Å². The Bertz CT molecular complexity index is 1070. The first-order valence-corrected chi connectivity index (χ1v) is 10.4. The zero-order valence-electron chi connectivity index (χ0n) is 16.9. The summed E-state index contributed by atoms with van der Waals surface area (Å²) in [6, 6.07) is 14.9. The third-order valence-corrected chi connectivity index (χ3v) is 5.08. The van der Waals surface area contributed by atoms with Gasteiger partial charge in [0.2, 0.25) is 5.95 Å². The van der Waals surface area contributed by atoms with Gasteiger partial charge >= 0.3 is 0 Å². The van der Waals surface area contributed by atoms with Crippen LogP contribution in [0, 0.1) is 5.92 Å². The van der Waals surface area contributed by atoms with Crippen molar-refractivity contribution in [1.29, 1.82) is 0 Å². The monoisotopic (exact) mass is 422 g/mol. The van der Waals surface area contributed by atoms with Crippen LogP contribution in [0.15, 0.2) is 48.5 Å². The number of carbonyl (C=O) groups is 1. The van der Waals surface area contributed by atoms with Crippen molar-refractivity contribution in [3.63, 3.8) is 0 Å². The van der Waals surface area contributed by atoms with Gasteiger partial charge in [-0.2, -0.15) is 4.98 Å². The number of rotatable bonds is 6. The number of ketones is 1. The first kappa shape index (κ1) is 20.2. The molecule has 7 heteroatoms. The van der Waals surface area contributed by atoms with Gasteiger partial charge in [-0.3, -0.25) is 4.79 Å². The molecule has 1 aliphatic rings. The van der Waals surface area contributed by atoms with Gasteiger partial charge in [-0.1, -0.05) is 24.6 Å². The second-order valence-electron chi connectivity index (χ2n) is 7.37. The summed E-state index contributed by atoms with van der Waals surface area (Å²) in [6.45, 7) is 4.63. The molecule has 1 unspecified atom stereocenters. The van der Waals surface area contributed by atoms with Gasteiger partial charge in [-0.05, 0) is 61.7 Å². The van der Waals surface area contributed by atoms with Crippen molar-refractivity contribution in [2.45, 2.75) is 26.7 Å². The van der Waals surface area contributed by atoms with Crippen LogP contribution in [0.25, 0.3) is 0 Å². The number of fused-ring (bicyclic) bond motifs is 1. The van der Waals surface area contributed by atoms with Crippen molar-refractivity contribution in [2.75, 3.05) is 17.2 Å². The van der Waals surface area contributed by atoms with Crippen molar-refractivity contribution < 1.29 is 9.53 Å². The molecular formula is C23H23ClN4O2. The molecule has 154 valence electrons. The normalized spacial score (nSPS) is 15.4. The molecule has 2 N–H and O–H groups in total. The van der Waals surface area contributed by atoms with E-state index in [4.69, 9.17) is 16.3 Å². The number of ether oxygens (including phenoxy) is 1. The smallest absolute Gasteiger partial charge is 0.229 e. The molecule has 1 atom stereocenters. The van der Waals surface area contributed by atoms with Crippen LogP contribution in [-0.4, -0.2) is 22.4 Å². The summed E-state index contributed by atoms with van der Waals surface area (Å²) in [5.41, 5.74) is 2.92. The van der Waals surface area contributed by atoms with E-state index in [0.29, 0.717) is 35.4 Å². The molecule has 2 aromatic carbocycles. The fourth-order valence-corrected chi connectivity index (χ4v) is 3.74. The Kier molecular flexibility index (Phi) is 5.86. The number of benzene rings is 2. The number of nitrogens with one attached hydrogen (secondary N) is 2. The highest BCUT2D eigenvalue weighted by Crippen LogP contribution is 2.32. The number of hydrogen-bond donors (Lipinski definition) is 2. The van der Waals surface area contributed by atoms with E-state index >= 15 is 0 Å². The van der Waals surface area contributed by atoms with E-state index in [1.165, 1.54) is 0 Å². The molecule has 30 heavy (non-hydrogen) atoms. The number of halogens is 1. The van der Waals surface area contributed by atoms with Crippen LogP contribution < -0.4 is 15.4 Å². The highest BCUT2D eigenvalue weighted by molar-refractivity contribution is 6.30. The molecule has 4 rings (SSSR count). The summed E-state index contributed by atoms with van der Waals surface area (Å²) in [5, 5.41) is 7.10. The van der Waals surface area contributed by atoms with Gasteiger partial charge in [0, 0.05) is 22.8 Å². The Balaban J connectivity index is 1.69. The van der Waals surface area contributed by atoms with Crippen LogP contribution in [0.5, 0.6) is 5.75 Å². The molecule has 6 nitrogen and oxygen atoms in total. The lowest BCUT2D eigenvalue weighted by atomic mass is 9.87. The Morgan fingerprint density at radius 1 is 1.07 bits per heavy atom. The van der Waals surface area contributed by atoms with Gasteiger partial charge in [0.1, 0.15) is 11.6 Å². The topological polar surface area (TPSA) is 76.1 Å². The number of Topliss-reactive ketones (excluding diaryl/α,β-unsaturated/α-hetero) is 1. The first-order valence-electron chi connectivity index (χ1n) is 9.98. The molecule has 0 saturated heterocycles. The second-order valence-corrected chi connectivity index (χ2v) is 7.81. The van der Waals surface area contributed by atoms with Gasteiger partial charge in [0.15, 0.2) is 5.78 Å². The summed E-state index contributed by atoms with van der Waals surface area (Å²) in [7, 11) is 0. The predicted octanol–water partition coefficient (Wildman–Crippen LogP) is 5.78. The van der Waals surface area contributed by atoms with Crippen molar-refractivity contribution >= 4 is 40.5 Å². The van der Waals surface area contributed by atoms with Gasteiger partial charge in [-0.25, -0.2) is 4.98 Å². The average Bonchev–Trinajstić information content (AvgIpc) is 2.69. The Morgan fingerprint density at radius 2 is 1.87 bits per heavy atom. The summed E-state index contributed by atoms with van der Waals surface area (Å²) in [4.78, 5) is 22.0. The minimum Gasteiger partial charge on any atom is -0.494 e. The van der Waals surface area contributed by atoms with Gasteiger partial charge < -0.3 is 15.4 Å². The standard InChI is InChI=1S/C23H23ClN4O2/c1-3-30-18-9-7-16(8-10-18)26-23-27-19-11-14(2)12-20(29)21(19)22(28-23)25-17-6-4-5-15(24)13-17/h4-10,13-14H,3,11-12H2,1-2H3,(H2,25,26,27,28). The minimum atomic E-state index is 0.0564. The lowest BCUT2D eigenvalue weighted by Crippen LogP contribution is -2.22. The van der Waals surface area contributed by atoms with E-state index in [-0.39, 0.29) is 11.7 Å². The molecule has 1 aliphatic carbocycles. The maximum Gasteiger partial charge on any atom is 0.229 e. The van der Waals surface area contributed by atoms with Crippen molar-refractivity contribution in [3.8, 4) is 5.75 Å². The van der Waals surface area contributed by atoms with Gasteiger partial charge in [0.05, 0.1) is 17.9 Å². The molecule has 0 amide bonds. The van der Waals surface area contributed by atoms with E-state index in [9.17, 15) is 4.79 Å². The Labute approximate surface area is 180 Å². The molecule has 0 aliphatic heterocycles. The van der Waals surface area contributed by atoms with Crippen LogP contribution in [0.4, 0.5) is 23.1 Å². The van der Waals surface area contributed by atoms with E-state index in [1.807, 2.05) is 43.3 Å². The molecule has 0 saturated carbocycles. The molecule has 1 heterocycles. The maximum atomic E-state index is 12.8. The van der Waals surface area contributed by atoms with E-state index < -0.39 is 0 Å². The lowest BCUT2D eigenvalue weighted by molar-refractivity contribution is 0.0953. The van der Waals surface area contributed by atoms with Crippen LogP contribution >= 0.6 is 11.6 Å². The summed E-state index contributed by atoms with van der Waals surface area (Å²) in [5.74, 6) is 2.03. The number of anilines is 4. The van der Waals surface area contributed by atoms with E-state index in [2.05, 4.69) is 27.5 Å². The van der Waals surface area contributed by atoms with E-state index in [0.717, 1.165) is 29.2 Å². The van der Waals surface area contributed by atoms with Crippen molar-refractivity contribution in [2.24, 2.45) is 5.92 Å². The Morgan fingerprint density at radius 3 is 2.60 bits per heavy atom. The molecule has 1 aromatic heterocycles. The van der Waals surface area contributed by atoms with Crippen molar-refractivity contribution in [1.82, 2.24) is 9.97 Å². The van der Waals surface area contributed by atoms with Gasteiger partial charge in [0.25, 0.3) is 0 Å². The molecular weight excluding hydrogens is 400 g/mol. The molecule has 0 bridgehead atoms. The summed E-state index contributed by atoms with van der Waals surface area (Å²) >= 11 is 6.11. The summed E-state index contributed by atoms with van der Waals surface area (Å²) in [6.07, 6.45) is 1.22. The summed E-state index contributed by atoms with van der Waals surface area (Å²) < 4.78 is 5.49. The molecule has 0 radical (unpaired) electrons. The number of aromatic nitrogens is 2. The number of carbonyl (C=O) groups excluding carboxylic acids is 1. The minimum absolute atomic E-state index is 0.0564. The fourth-order valence-electron chi connectivity index (χ4n) is 3.55. The molecule has 0 spiro atoms.